The molecule has 24 heavy (non-hydrogen) atoms. The fourth-order valence-electron chi connectivity index (χ4n) is 3.23. The first-order chi connectivity index (χ1) is 11.8. The highest BCUT2D eigenvalue weighted by Gasteiger charge is 2.29. The number of likely N-dealkylation sites (tertiary alicyclic amines) is 1. The molecule has 2 aliphatic rings. The Morgan fingerprint density at radius 1 is 1.12 bits per heavy atom. The van der Waals surface area contributed by atoms with E-state index < -0.39 is 0 Å². The molecule has 0 N–H and O–H groups in total. The molecule has 0 atom stereocenters. The maximum absolute atomic E-state index is 12.5. The van der Waals surface area contributed by atoms with Gasteiger partial charge in [-0.05, 0) is 47.6 Å². The van der Waals surface area contributed by atoms with E-state index >= 15 is 0 Å². The quantitative estimate of drug-likeness (QED) is 0.781. The number of tetrazole rings is 1. The number of hydrogen-bond acceptors (Lipinski definition) is 5. The first-order valence-electron chi connectivity index (χ1n) is 8.54. The van der Waals surface area contributed by atoms with E-state index in [9.17, 15) is 4.79 Å². The van der Waals surface area contributed by atoms with Crippen LogP contribution in [0.4, 0.5) is 0 Å². The summed E-state index contributed by atoms with van der Waals surface area (Å²) in [6.45, 7) is 1.68. The molecule has 2 aromatic rings. The van der Waals surface area contributed by atoms with Crippen molar-refractivity contribution in [3.05, 3.63) is 35.9 Å². The maximum atomic E-state index is 12.5. The molecule has 0 spiro atoms. The molecule has 4 rings (SSSR count). The van der Waals surface area contributed by atoms with E-state index in [1.165, 1.54) is 17.3 Å². The van der Waals surface area contributed by atoms with Gasteiger partial charge in [0.15, 0.2) is 0 Å². The molecular weight excluding hydrogens is 322 g/mol. The molecule has 1 aromatic heterocycles. The van der Waals surface area contributed by atoms with Crippen molar-refractivity contribution in [1.82, 2.24) is 25.1 Å². The van der Waals surface area contributed by atoms with Crippen LogP contribution < -0.4 is 0 Å². The van der Waals surface area contributed by atoms with Gasteiger partial charge in [0.1, 0.15) is 0 Å². The van der Waals surface area contributed by atoms with Crippen LogP contribution in [0.3, 0.4) is 0 Å². The molecule has 7 heteroatoms. The van der Waals surface area contributed by atoms with E-state index in [-0.39, 0.29) is 5.91 Å². The molecule has 1 saturated carbocycles. The molecule has 1 saturated heterocycles. The Bertz CT molecular complexity index is 692. The number of benzene rings is 1. The van der Waals surface area contributed by atoms with Gasteiger partial charge in [-0.25, -0.2) is 4.68 Å². The van der Waals surface area contributed by atoms with Gasteiger partial charge in [0.05, 0.1) is 11.8 Å². The third-order valence-electron chi connectivity index (χ3n) is 4.80. The van der Waals surface area contributed by atoms with Crippen molar-refractivity contribution in [2.24, 2.45) is 0 Å². The van der Waals surface area contributed by atoms with E-state index in [2.05, 4.69) is 45.9 Å². The number of hydrogen-bond donors (Lipinski definition) is 0. The summed E-state index contributed by atoms with van der Waals surface area (Å²) in [5, 5.41) is 12.6. The summed E-state index contributed by atoms with van der Waals surface area (Å²) in [5.41, 5.74) is 1.39. The van der Waals surface area contributed by atoms with Crippen LogP contribution in [0.1, 0.15) is 43.2 Å². The van der Waals surface area contributed by atoms with Gasteiger partial charge in [0.25, 0.3) is 0 Å². The standard InChI is InChI=1S/C17H21N5OS/c23-16(12-24-17-18-19-20-22(17)15-6-7-15)21-10-8-14(9-11-21)13-4-2-1-3-5-13/h1-5,14-15H,6-12H2. The molecule has 0 unspecified atom stereocenters. The van der Waals surface area contributed by atoms with Crippen LogP contribution in [-0.2, 0) is 4.79 Å². The van der Waals surface area contributed by atoms with Crippen molar-refractivity contribution in [2.75, 3.05) is 18.8 Å². The first kappa shape index (κ1) is 15.6. The van der Waals surface area contributed by atoms with Crippen LogP contribution in [-0.4, -0.2) is 49.9 Å². The lowest BCUT2D eigenvalue weighted by molar-refractivity contribution is -0.129. The van der Waals surface area contributed by atoms with E-state index in [0.29, 0.717) is 17.7 Å². The van der Waals surface area contributed by atoms with Crippen molar-refractivity contribution in [3.63, 3.8) is 0 Å². The Labute approximate surface area is 145 Å². The van der Waals surface area contributed by atoms with Gasteiger partial charge in [-0.2, -0.15) is 0 Å². The van der Waals surface area contributed by atoms with Crippen LogP contribution >= 0.6 is 11.8 Å². The zero-order chi connectivity index (χ0) is 16.4. The second-order valence-corrected chi connectivity index (χ2v) is 7.43. The average Bonchev–Trinajstić information content (AvgIpc) is 3.38. The molecule has 1 aliphatic heterocycles. The van der Waals surface area contributed by atoms with E-state index in [4.69, 9.17) is 0 Å². The van der Waals surface area contributed by atoms with Gasteiger partial charge in [-0.1, -0.05) is 42.1 Å². The number of rotatable bonds is 5. The molecule has 2 heterocycles. The number of thioether (sulfide) groups is 1. The van der Waals surface area contributed by atoms with E-state index in [1.54, 1.807) is 0 Å². The van der Waals surface area contributed by atoms with Gasteiger partial charge in [-0.15, -0.1) is 5.10 Å². The zero-order valence-electron chi connectivity index (χ0n) is 13.5. The van der Waals surface area contributed by atoms with Gasteiger partial charge in [0.2, 0.25) is 11.1 Å². The molecule has 1 amide bonds. The fourth-order valence-corrected chi connectivity index (χ4v) is 4.08. The predicted octanol–water partition coefficient (Wildman–Crippen LogP) is 2.51. The summed E-state index contributed by atoms with van der Waals surface area (Å²) in [6.07, 6.45) is 4.36. The van der Waals surface area contributed by atoms with Crippen LogP contribution in [0.25, 0.3) is 0 Å². The van der Waals surface area contributed by atoms with Crippen molar-refractivity contribution in [1.29, 1.82) is 0 Å². The van der Waals surface area contributed by atoms with Crippen molar-refractivity contribution >= 4 is 17.7 Å². The van der Waals surface area contributed by atoms with Crippen molar-refractivity contribution < 1.29 is 4.79 Å². The average molecular weight is 343 g/mol. The third kappa shape index (κ3) is 3.45. The summed E-state index contributed by atoms with van der Waals surface area (Å²) >= 11 is 1.46. The normalized spacial score (nSPS) is 18.8. The number of carbonyl (C=O) groups excluding carboxylic acids is 1. The smallest absolute Gasteiger partial charge is 0.233 e. The number of piperidine rings is 1. The van der Waals surface area contributed by atoms with Crippen LogP contribution in [0.5, 0.6) is 0 Å². The highest BCUT2D eigenvalue weighted by Crippen LogP contribution is 2.36. The maximum Gasteiger partial charge on any atom is 0.233 e. The number of carbonyl (C=O) groups is 1. The first-order valence-corrected chi connectivity index (χ1v) is 9.53. The highest BCUT2D eigenvalue weighted by molar-refractivity contribution is 7.99. The molecular formula is C17H21N5OS. The topological polar surface area (TPSA) is 63.9 Å². The summed E-state index contributed by atoms with van der Waals surface area (Å²) in [6, 6.07) is 11.1. The number of amides is 1. The minimum atomic E-state index is 0.192. The van der Waals surface area contributed by atoms with E-state index in [0.717, 1.165) is 43.9 Å². The van der Waals surface area contributed by atoms with Crippen molar-refractivity contribution in [3.8, 4) is 0 Å². The molecule has 2 fully saturated rings. The molecule has 6 nitrogen and oxygen atoms in total. The lowest BCUT2D eigenvalue weighted by Crippen LogP contribution is -2.39. The number of nitrogens with zero attached hydrogens (tertiary/aromatic N) is 5. The van der Waals surface area contributed by atoms with Gasteiger partial charge in [0, 0.05) is 13.1 Å². The predicted molar refractivity (Wildman–Crippen MR) is 91.8 cm³/mol. The summed E-state index contributed by atoms with van der Waals surface area (Å²) in [4.78, 5) is 14.4. The summed E-state index contributed by atoms with van der Waals surface area (Å²) < 4.78 is 1.86. The lowest BCUT2D eigenvalue weighted by Gasteiger charge is -2.32. The summed E-state index contributed by atoms with van der Waals surface area (Å²) in [5.74, 6) is 1.19. The minimum absolute atomic E-state index is 0.192. The highest BCUT2D eigenvalue weighted by atomic mass is 32.2. The zero-order valence-corrected chi connectivity index (χ0v) is 14.4. The van der Waals surface area contributed by atoms with Crippen LogP contribution in [0, 0.1) is 0 Å². The number of aromatic nitrogens is 4. The fraction of sp³-hybridized carbons (Fsp3) is 0.529. The second-order valence-electron chi connectivity index (χ2n) is 6.49. The summed E-state index contributed by atoms with van der Waals surface area (Å²) in [7, 11) is 0. The Morgan fingerprint density at radius 2 is 1.88 bits per heavy atom. The molecule has 1 aliphatic carbocycles. The Hall–Kier alpha value is -1.89. The van der Waals surface area contributed by atoms with Gasteiger partial charge in [-0.3, -0.25) is 4.79 Å². The molecule has 1 aromatic carbocycles. The Balaban J connectivity index is 1.28. The molecule has 0 radical (unpaired) electrons. The minimum Gasteiger partial charge on any atom is -0.342 e. The Kier molecular flexibility index (Phi) is 4.51. The van der Waals surface area contributed by atoms with Crippen molar-refractivity contribution in [2.45, 2.75) is 42.8 Å². The van der Waals surface area contributed by atoms with Gasteiger partial charge >= 0.3 is 0 Å². The molecule has 0 bridgehead atoms. The van der Waals surface area contributed by atoms with Crippen LogP contribution in [0.15, 0.2) is 35.5 Å². The SMILES string of the molecule is O=C(CSc1nnnn1C1CC1)N1CCC(c2ccccc2)CC1. The Morgan fingerprint density at radius 3 is 2.58 bits per heavy atom. The second kappa shape index (κ2) is 6.93. The monoisotopic (exact) mass is 343 g/mol. The van der Waals surface area contributed by atoms with Gasteiger partial charge < -0.3 is 4.90 Å². The largest absolute Gasteiger partial charge is 0.342 e. The third-order valence-corrected chi connectivity index (χ3v) is 5.72. The molecule has 126 valence electrons. The van der Waals surface area contributed by atoms with E-state index in [1.807, 2.05) is 9.58 Å². The van der Waals surface area contributed by atoms with Crippen LogP contribution in [0.2, 0.25) is 0 Å². The lowest BCUT2D eigenvalue weighted by atomic mass is 9.89.